The van der Waals surface area contributed by atoms with Crippen LogP contribution in [-0.4, -0.2) is 24.2 Å². The van der Waals surface area contributed by atoms with Crippen LogP contribution in [-0.2, 0) is 9.59 Å². The Balaban J connectivity index is 2.61. The average molecular weight is 269 g/mol. The maximum atomic E-state index is 11.7. The maximum Gasteiger partial charge on any atom is 0.313 e. The highest BCUT2D eigenvalue weighted by atomic mass is 35.5. The van der Waals surface area contributed by atoms with Gasteiger partial charge in [-0.05, 0) is 31.4 Å². The van der Waals surface area contributed by atoms with E-state index in [0.29, 0.717) is 24.5 Å². The molecule has 2 amide bonds. The van der Waals surface area contributed by atoms with Gasteiger partial charge >= 0.3 is 11.8 Å². The van der Waals surface area contributed by atoms with Gasteiger partial charge in [0.1, 0.15) is 0 Å². The number of hydrogen-bond acceptors (Lipinski definition) is 2. The standard InChI is InChI=1S/C13H17ClN2O2/c1-9-5-3-6-10(2)11(9)16-13(18)12(17)15-8-4-7-14/h3,5-6H,4,7-8H2,1-2H3,(H,15,17)(H,16,18). The predicted molar refractivity (Wildman–Crippen MR) is 72.9 cm³/mol. The van der Waals surface area contributed by atoms with Crippen LogP contribution in [0.2, 0.25) is 0 Å². The van der Waals surface area contributed by atoms with Gasteiger partial charge in [0.15, 0.2) is 0 Å². The molecule has 0 aliphatic rings. The summed E-state index contributed by atoms with van der Waals surface area (Å²) in [7, 11) is 0. The summed E-state index contributed by atoms with van der Waals surface area (Å²) in [5, 5.41) is 5.13. The SMILES string of the molecule is Cc1cccc(C)c1NC(=O)C(=O)NCCCCl. The number of carbonyl (C=O) groups is 2. The lowest BCUT2D eigenvalue weighted by Crippen LogP contribution is -2.36. The molecule has 0 aromatic heterocycles. The third kappa shape index (κ3) is 4.04. The molecule has 1 rings (SSSR count). The van der Waals surface area contributed by atoms with Gasteiger partial charge in [0.2, 0.25) is 0 Å². The molecule has 1 aromatic carbocycles. The Bertz CT molecular complexity index is 426. The molecule has 5 heteroatoms. The highest BCUT2D eigenvalue weighted by Crippen LogP contribution is 2.18. The summed E-state index contributed by atoms with van der Waals surface area (Å²) in [5.74, 6) is -0.830. The highest BCUT2D eigenvalue weighted by molar-refractivity contribution is 6.39. The molecule has 0 aliphatic carbocycles. The van der Waals surface area contributed by atoms with Crippen molar-refractivity contribution in [1.29, 1.82) is 0 Å². The largest absolute Gasteiger partial charge is 0.348 e. The quantitative estimate of drug-likeness (QED) is 0.498. The summed E-state index contributed by atoms with van der Waals surface area (Å²) in [6.07, 6.45) is 0.643. The van der Waals surface area contributed by atoms with E-state index in [1.54, 1.807) is 0 Å². The summed E-state index contributed by atoms with van der Waals surface area (Å²) in [4.78, 5) is 23.1. The molecule has 0 aliphatic heterocycles. The lowest BCUT2D eigenvalue weighted by molar-refractivity contribution is -0.136. The van der Waals surface area contributed by atoms with Crippen LogP contribution in [0.1, 0.15) is 17.5 Å². The van der Waals surface area contributed by atoms with Crippen molar-refractivity contribution in [3.63, 3.8) is 0 Å². The van der Waals surface area contributed by atoms with E-state index < -0.39 is 11.8 Å². The van der Waals surface area contributed by atoms with Gasteiger partial charge in [0, 0.05) is 18.1 Å². The summed E-state index contributed by atoms with van der Waals surface area (Å²) < 4.78 is 0. The summed E-state index contributed by atoms with van der Waals surface area (Å²) >= 11 is 5.48. The van der Waals surface area contributed by atoms with E-state index in [1.807, 2.05) is 32.0 Å². The predicted octanol–water partition coefficient (Wildman–Crippen LogP) is 1.99. The van der Waals surface area contributed by atoms with Crippen molar-refractivity contribution >= 4 is 29.1 Å². The number of nitrogens with one attached hydrogen (secondary N) is 2. The van der Waals surface area contributed by atoms with Gasteiger partial charge in [-0.3, -0.25) is 9.59 Å². The Hall–Kier alpha value is -1.55. The first-order valence-electron chi connectivity index (χ1n) is 5.77. The number of anilines is 1. The lowest BCUT2D eigenvalue weighted by atomic mass is 10.1. The third-order valence-electron chi connectivity index (χ3n) is 2.52. The Morgan fingerprint density at radius 1 is 1.17 bits per heavy atom. The lowest BCUT2D eigenvalue weighted by Gasteiger charge is -2.11. The molecule has 2 N–H and O–H groups in total. The molecule has 18 heavy (non-hydrogen) atoms. The first kappa shape index (κ1) is 14.5. The van der Waals surface area contributed by atoms with Gasteiger partial charge in [-0.25, -0.2) is 0 Å². The Kier molecular flexibility index (Phi) is 5.65. The Morgan fingerprint density at radius 3 is 2.33 bits per heavy atom. The van der Waals surface area contributed by atoms with Crippen LogP contribution in [0.3, 0.4) is 0 Å². The Labute approximate surface area is 112 Å². The number of amides is 2. The molecule has 0 heterocycles. The van der Waals surface area contributed by atoms with Crippen molar-refractivity contribution in [3.05, 3.63) is 29.3 Å². The zero-order chi connectivity index (χ0) is 13.5. The molecular weight excluding hydrogens is 252 g/mol. The number of aryl methyl sites for hydroxylation is 2. The fourth-order valence-corrected chi connectivity index (χ4v) is 1.66. The zero-order valence-electron chi connectivity index (χ0n) is 10.5. The van der Waals surface area contributed by atoms with Crippen molar-refractivity contribution in [2.24, 2.45) is 0 Å². The van der Waals surface area contributed by atoms with Gasteiger partial charge in [-0.1, -0.05) is 18.2 Å². The third-order valence-corrected chi connectivity index (χ3v) is 2.79. The minimum absolute atomic E-state index is 0.405. The number of halogens is 1. The van der Waals surface area contributed by atoms with Gasteiger partial charge < -0.3 is 10.6 Å². The molecule has 0 spiro atoms. The molecule has 0 bridgehead atoms. The van der Waals surface area contributed by atoms with Crippen molar-refractivity contribution in [1.82, 2.24) is 5.32 Å². The molecule has 0 fully saturated rings. The van der Waals surface area contributed by atoms with Crippen LogP contribution in [0.25, 0.3) is 0 Å². The number of hydrogen-bond donors (Lipinski definition) is 2. The number of benzene rings is 1. The highest BCUT2D eigenvalue weighted by Gasteiger charge is 2.14. The average Bonchev–Trinajstić information content (AvgIpc) is 2.34. The van der Waals surface area contributed by atoms with Gasteiger partial charge in [-0.2, -0.15) is 0 Å². The van der Waals surface area contributed by atoms with E-state index in [-0.39, 0.29) is 0 Å². The molecule has 0 unspecified atom stereocenters. The first-order valence-corrected chi connectivity index (χ1v) is 6.31. The monoisotopic (exact) mass is 268 g/mol. The van der Waals surface area contributed by atoms with Crippen LogP contribution in [0.15, 0.2) is 18.2 Å². The van der Waals surface area contributed by atoms with E-state index in [2.05, 4.69) is 10.6 Å². The summed E-state index contributed by atoms with van der Waals surface area (Å²) in [5.41, 5.74) is 2.55. The van der Waals surface area contributed by atoms with Crippen molar-refractivity contribution in [2.75, 3.05) is 17.7 Å². The molecule has 0 atom stereocenters. The summed E-state index contributed by atoms with van der Waals surface area (Å²) in [6, 6.07) is 5.67. The number of para-hydroxylation sites is 1. The van der Waals surface area contributed by atoms with E-state index in [0.717, 1.165) is 11.1 Å². The summed E-state index contributed by atoms with van der Waals surface area (Å²) in [6.45, 7) is 4.17. The topological polar surface area (TPSA) is 58.2 Å². The fourth-order valence-electron chi connectivity index (χ4n) is 1.53. The van der Waals surface area contributed by atoms with Crippen LogP contribution >= 0.6 is 11.6 Å². The normalized spacial score (nSPS) is 9.94. The molecular formula is C13H17ClN2O2. The van der Waals surface area contributed by atoms with E-state index in [1.165, 1.54) is 0 Å². The van der Waals surface area contributed by atoms with Gasteiger partial charge in [0.25, 0.3) is 0 Å². The molecule has 0 radical (unpaired) electrons. The number of alkyl halides is 1. The van der Waals surface area contributed by atoms with E-state index in [9.17, 15) is 9.59 Å². The second kappa shape index (κ2) is 7.01. The van der Waals surface area contributed by atoms with Crippen molar-refractivity contribution < 1.29 is 9.59 Å². The first-order chi connectivity index (χ1) is 8.56. The minimum atomic E-state index is -0.651. The number of rotatable bonds is 4. The fraction of sp³-hybridized carbons (Fsp3) is 0.385. The smallest absolute Gasteiger partial charge is 0.313 e. The maximum absolute atomic E-state index is 11.7. The zero-order valence-corrected chi connectivity index (χ0v) is 11.3. The Morgan fingerprint density at radius 2 is 1.78 bits per heavy atom. The van der Waals surface area contributed by atoms with Gasteiger partial charge in [-0.15, -0.1) is 11.6 Å². The minimum Gasteiger partial charge on any atom is -0.348 e. The van der Waals surface area contributed by atoms with Crippen LogP contribution < -0.4 is 10.6 Å². The van der Waals surface area contributed by atoms with Gasteiger partial charge in [0.05, 0.1) is 0 Å². The van der Waals surface area contributed by atoms with Crippen LogP contribution in [0, 0.1) is 13.8 Å². The molecule has 0 saturated heterocycles. The van der Waals surface area contributed by atoms with E-state index >= 15 is 0 Å². The molecule has 98 valence electrons. The van der Waals surface area contributed by atoms with Crippen molar-refractivity contribution in [3.8, 4) is 0 Å². The van der Waals surface area contributed by atoms with Crippen LogP contribution in [0.5, 0.6) is 0 Å². The molecule has 4 nitrogen and oxygen atoms in total. The van der Waals surface area contributed by atoms with Crippen molar-refractivity contribution in [2.45, 2.75) is 20.3 Å². The molecule has 1 aromatic rings. The van der Waals surface area contributed by atoms with E-state index in [4.69, 9.17) is 11.6 Å². The molecule has 0 saturated carbocycles. The number of carbonyl (C=O) groups excluding carboxylic acids is 2. The second-order valence-electron chi connectivity index (χ2n) is 4.02. The second-order valence-corrected chi connectivity index (χ2v) is 4.40. The van der Waals surface area contributed by atoms with Crippen LogP contribution in [0.4, 0.5) is 5.69 Å².